The zero-order valence-electron chi connectivity index (χ0n) is 14.8. The van der Waals surface area contributed by atoms with Crippen molar-refractivity contribution in [2.24, 2.45) is 0 Å². The highest BCUT2D eigenvalue weighted by atomic mass is 16.5. The van der Waals surface area contributed by atoms with Crippen LogP contribution < -0.4 is 10.1 Å². The van der Waals surface area contributed by atoms with Gasteiger partial charge >= 0.3 is 6.03 Å². The number of rotatable bonds is 6. The zero-order chi connectivity index (χ0) is 17.5. The fraction of sp³-hybridized carbons (Fsp3) is 0.381. The molecular weight excluding hydrogens is 312 g/mol. The second kappa shape index (κ2) is 8.56. The van der Waals surface area contributed by atoms with Crippen LogP contribution in [0.15, 0.2) is 48.5 Å². The number of hydrogen-bond donors (Lipinski definition) is 1. The van der Waals surface area contributed by atoms with Crippen LogP contribution in [-0.4, -0.2) is 31.1 Å². The van der Waals surface area contributed by atoms with Gasteiger partial charge in [-0.15, -0.1) is 0 Å². The van der Waals surface area contributed by atoms with Gasteiger partial charge in [0.1, 0.15) is 12.4 Å². The molecule has 0 aromatic heterocycles. The van der Waals surface area contributed by atoms with Crippen molar-refractivity contribution in [2.45, 2.75) is 32.2 Å². The Balaban J connectivity index is 1.40. The molecule has 0 atom stereocenters. The first-order valence-electron chi connectivity index (χ1n) is 9.00. The van der Waals surface area contributed by atoms with E-state index >= 15 is 0 Å². The lowest BCUT2D eigenvalue weighted by molar-refractivity contribution is 0.203. The molecule has 2 aromatic rings. The molecule has 0 heterocycles. The quantitative estimate of drug-likeness (QED) is 0.814. The van der Waals surface area contributed by atoms with E-state index in [1.54, 1.807) is 11.9 Å². The van der Waals surface area contributed by atoms with Crippen molar-refractivity contribution < 1.29 is 9.53 Å². The van der Waals surface area contributed by atoms with E-state index < -0.39 is 0 Å². The van der Waals surface area contributed by atoms with Gasteiger partial charge in [-0.2, -0.15) is 0 Å². The number of carbonyl (C=O) groups is 1. The van der Waals surface area contributed by atoms with Crippen molar-refractivity contribution in [3.63, 3.8) is 0 Å². The molecule has 1 aliphatic carbocycles. The number of nitrogens with one attached hydrogen (secondary N) is 1. The van der Waals surface area contributed by atoms with Crippen molar-refractivity contribution >= 4 is 6.03 Å². The topological polar surface area (TPSA) is 41.6 Å². The van der Waals surface area contributed by atoms with E-state index in [1.807, 2.05) is 36.4 Å². The molecule has 0 unspecified atom stereocenters. The molecule has 25 heavy (non-hydrogen) atoms. The van der Waals surface area contributed by atoms with E-state index in [-0.39, 0.29) is 6.03 Å². The van der Waals surface area contributed by atoms with Crippen LogP contribution in [0.4, 0.5) is 4.79 Å². The van der Waals surface area contributed by atoms with Gasteiger partial charge in [-0.25, -0.2) is 4.79 Å². The predicted molar refractivity (Wildman–Crippen MR) is 99.9 cm³/mol. The first-order chi connectivity index (χ1) is 12.2. The third-order valence-corrected chi connectivity index (χ3v) is 4.58. The lowest BCUT2D eigenvalue weighted by atomic mass is 9.92. The Morgan fingerprint density at radius 2 is 1.84 bits per heavy atom. The average Bonchev–Trinajstić information content (AvgIpc) is 2.65. The molecule has 0 saturated heterocycles. The van der Waals surface area contributed by atoms with Crippen LogP contribution in [0.25, 0.3) is 0 Å². The molecule has 0 bridgehead atoms. The Hall–Kier alpha value is -2.49. The predicted octanol–water partition coefficient (Wildman–Crippen LogP) is 3.79. The van der Waals surface area contributed by atoms with Gasteiger partial charge < -0.3 is 15.0 Å². The number of hydrogen-bond acceptors (Lipinski definition) is 2. The molecule has 0 spiro atoms. The summed E-state index contributed by atoms with van der Waals surface area (Å²) in [6.07, 6.45) is 4.88. The highest BCUT2D eigenvalue weighted by Crippen LogP contribution is 2.25. The maximum absolute atomic E-state index is 12.1. The Bertz CT molecular complexity index is 700. The van der Waals surface area contributed by atoms with Crippen molar-refractivity contribution in [1.29, 1.82) is 0 Å². The number of aryl methyl sites for hydroxylation is 2. The van der Waals surface area contributed by atoms with E-state index in [4.69, 9.17) is 4.74 Å². The van der Waals surface area contributed by atoms with Crippen LogP contribution in [0.5, 0.6) is 5.75 Å². The molecule has 0 aliphatic heterocycles. The number of nitrogens with zero attached hydrogens (tertiary/aromatic N) is 1. The van der Waals surface area contributed by atoms with Crippen LogP contribution >= 0.6 is 0 Å². The molecule has 0 fully saturated rings. The summed E-state index contributed by atoms with van der Waals surface area (Å²) in [7, 11) is 1.80. The summed E-state index contributed by atoms with van der Waals surface area (Å²) in [4.78, 5) is 13.8. The maximum atomic E-state index is 12.1. The Morgan fingerprint density at radius 1 is 1.08 bits per heavy atom. The van der Waals surface area contributed by atoms with Crippen LogP contribution in [0.2, 0.25) is 0 Å². The molecule has 2 aromatic carbocycles. The van der Waals surface area contributed by atoms with Gasteiger partial charge in [0, 0.05) is 13.6 Å². The lowest BCUT2D eigenvalue weighted by Crippen LogP contribution is -2.38. The van der Waals surface area contributed by atoms with Crippen LogP contribution in [0.3, 0.4) is 0 Å². The monoisotopic (exact) mass is 338 g/mol. The molecule has 4 nitrogen and oxygen atoms in total. The SMILES string of the molecule is CN(Cc1ccccc1)C(=O)NCCOc1ccc2c(c1)CCCC2. The third-order valence-electron chi connectivity index (χ3n) is 4.58. The molecule has 0 radical (unpaired) electrons. The van der Waals surface area contributed by atoms with E-state index in [2.05, 4.69) is 17.4 Å². The highest BCUT2D eigenvalue weighted by Gasteiger charge is 2.10. The summed E-state index contributed by atoms with van der Waals surface area (Å²) in [5.74, 6) is 0.896. The number of urea groups is 1. The van der Waals surface area contributed by atoms with Gasteiger partial charge in [-0.05, 0) is 54.5 Å². The molecule has 0 saturated carbocycles. The second-order valence-electron chi connectivity index (χ2n) is 6.56. The molecular formula is C21H26N2O2. The van der Waals surface area contributed by atoms with Gasteiger partial charge in [0.25, 0.3) is 0 Å². The summed E-state index contributed by atoms with van der Waals surface area (Å²) < 4.78 is 5.79. The molecule has 2 amide bonds. The second-order valence-corrected chi connectivity index (χ2v) is 6.56. The lowest BCUT2D eigenvalue weighted by Gasteiger charge is -2.19. The molecule has 1 N–H and O–H groups in total. The summed E-state index contributed by atoms with van der Waals surface area (Å²) >= 11 is 0. The fourth-order valence-electron chi connectivity index (χ4n) is 3.19. The first kappa shape index (κ1) is 17.3. The van der Waals surface area contributed by atoms with Crippen molar-refractivity contribution in [3.8, 4) is 5.75 Å². The van der Waals surface area contributed by atoms with Crippen molar-refractivity contribution in [2.75, 3.05) is 20.2 Å². The van der Waals surface area contributed by atoms with E-state index in [0.717, 1.165) is 17.7 Å². The largest absolute Gasteiger partial charge is 0.492 e. The van der Waals surface area contributed by atoms with Gasteiger partial charge in [0.2, 0.25) is 0 Å². The van der Waals surface area contributed by atoms with Crippen LogP contribution in [0, 0.1) is 0 Å². The Kier molecular flexibility index (Phi) is 5.94. The zero-order valence-corrected chi connectivity index (χ0v) is 14.8. The van der Waals surface area contributed by atoms with Gasteiger partial charge in [-0.3, -0.25) is 0 Å². The Labute approximate surface area is 149 Å². The summed E-state index contributed by atoms with van der Waals surface area (Å²) in [5.41, 5.74) is 3.98. The summed E-state index contributed by atoms with van der Waals surface area (Å²) in [5, 5.41) is 2.90. The smallest absolute Gasteiger partial charge is 0.317 e. The molecule has 1 aliphatic rings. The van der Waals surface area contributed by atoms with E-state index in [0.29, 0.717) is 19.7 Å². The molecule has 3 rings (SSSR count). The van der Waals surface area contributed by atoms with Crippen molar-refractivity contribution in [1.82, 2.24) is 10.2 Å². The van der Waals surface area contributed by atoms with E-state index in [1.165, 1.54) is 30.4 Å². The first-order valence-corrected chi connectivity index (χ1v) is 9.00. The minimum atomic E-state index is -0.0853. The third kappa shape index (κ3) is 4.99. The highest BCUT2D eigenvalue weighted by molar-refractivity contribution is 5.73. The Morgan fingerprint density at radius 3 is 2.64 bits per heavy atom. The maximum Gasteiger partial charge on any atom is 0.317 e. The standard InChI is InChI=1S/C21H26N2O2/c1-23(16-17-7-3-2-4-8-17)21(24)22-13-14-25-20-12-11-18-9-5-6-10-19(18)15-20/h2-4,7-8,11-12,15H,5-6,9-10,13-14,16H2,1H3,(H,22,24). The molecule has 4 heteroatoms. The summed E-state index contributed by atoms with van der Waals surface area (Å²) in [6.45, 7) is 1.57. The van der Waals surface area contributed by atoms with Crippen LogP contribution in [0.1, 0.15) is 29.5 Å². The minimum Gasteiger partial charge on any atom is -0.492 e. The minimum absolute atomic E-state index is 0.0853. The average molecular weight is 338 g/mol. The van der Waals surface area contributed by atoms with E-state index in [9.17, 15) is 4.79 Å². The van der Waals surface area contributed by atoms with Crippen molar-refractivity contribution in [3.05, 3.63) is 65.2 Å². The number of amides is 2. The number of carbonyl (C=O) groups excluding carboxylic acids is 1. The van der Waals surface area contributed by atoms with Crippen LogP contribution in [-0.2, 0) is 19.4 Å². The number of benzene rings is 2. The molecule has 132 valence electrons. The van der Waals surface area contributed by atoms with Gasteiger partial charge in [0.05, 0.1) is 6.54 Å². The number of ether oxygens (including phenoxy) is 1. The summed E-state index contributed by atoms with van der Waals surface area (Å²) in [6, 6.07) is 16.2. The fourth-order valence-corrected chi connectivity index (χ4v) is 3.19. The van der Waals surface area contributed by atoms with Gasteiger partial charge in [0.15, 0.2) is 0 Å². The normalized spacial score (nSPS) is 13.0. The number of fused-ring (bicyclic) bond motifs is 1. The van der Waals surface area contributed by atoms with Gasteiger partial charge in [-0.1, -0.05) is 36.4 Å².